The standard InChI is InChI=1S/C10H13N3/c11-5-4-10(13)9-3-1-2-8(6-9)7-12/h1-3,6,10H,4-5,11,13H2/t10-/m0/s1. The van der Waals surface area contributed by atoms with Gasteiger partial charge in [-0.1, -0.05) is 12.1 Å². The highest BCUT2D eigenvalue weighted by Gasteiger charge is 2.04. The van der Waals surface area contributed by atoms with Crippen molar-refractivity contribution in [1.82, 2.24) is 0 Å². The number of rotatable bonds is 3. The molecule has 0 bridgehead atoms. The van der Waals surface area contributed by atoms with Gasteiger partial charge in [0.05, 0.1) is 11.6 Å². The van der Waals surface area contributed by atoms with E-state index in [1.54, 1.807) is 12.1 Å². The van der Waals surface area contributed by atoms with E-state index in [1.807, 2.05) is 12.1 Å². The molecule has 0 heterocycles. The topological polar surface area (TPSA) is 75.8 Å². The van der Waals surface area contributed by atoms with Gasteiger partial charge in [-0.2, -0.15) is 5.26 Å². The van der Waals surface area contributed by atoms with E-state index in [2.05, 4.69) is 6.07 Å². The first-order valence-electron chi connectivity index (χ1n) is 4.23. The van der Waals surface area contributed by atoms with Crippen LogP contribution in [0, 0.1) is 11.3 Å². The summed E-state index contributed by atoms with van der Waals surface area (Å²) < 4.78 is 0. The largest absolute Gasteiger partial charge is 0.330 e. The molecule has 1 aromatic rings. The maximum Gasteiger partial charge on any atom is 0.0991 e. The van der Waals surface area contributed by atoms with E-state index in [4.69, 9.17) is 16.7 Å². The van der Waals surface area contributed by atoms with Gasteiger partial charge >= 0.3 is 0 Å². The van der Waals surface area contributed by atoms with Gasteiger partial charge in [0.15, 0.2) is 0 Å². The summed E-state index contributed by atoms with van der Waals surface area (Å²) in [6, 6.07) is 9.34. The molecule has 0 spiro atoms. The fourth-order valence-electron chi connectivity index (χ4n) is 1.19. The number of hydrogen-bond donors (Lipinski definition) is 2. The Balaban J connectivity index is 2.83. The van der Waals surface area contributed by atoms with E-state index in [9.17, 15) is 0 Å². The lowest BCUT2D eigenvalue weighted by molar-refractivity contribution is 0.661. The zero-order valence-corrected chi connectivity index (χ0v) is 7.40. The minimum Gasteiger partial charge on any atom is -0.330 e. The van der Waals surface area contributed by atoms with Crippen molar-refractivity contribution in [1.29, 1.82) is 5.26 Å². The zero-order valence-electron chi connectivity index (χ0n) is 7.40. The monoisotopic (exact) mass is 175 g/mol. The summed E-state index contributed by atoms with van der Waals surface area (Å²) in [5.41, 5.74) is 12.9. The number of nitriles is 1. The molecule has 0 amide bonds. The minimum atomic E-state index is -0.0571. The molecule has 0 aromatic heterocycles. The van der Waals surface area contributed by atoms with Crippen LogP contribution in [0.5, 0.6) is 0 Å². The van der Waals surface area contributed by atoms with Crippen molar-refractivity contribution in [3.63, 3.8) is 0 Å². The van der Waals surface area contributed by atoms with Crippen molar-refractivity contribution in [3.05, 3.63) is 35.4 Å². The van der Waals surface area contributed by atoms with Crippen molar-refractivity contribution >= 4 is 0 Å². The highest BCUT2D eigenvalue weighted by atomic mass is 14.7. The van der Waals surface area contributed by atoms with Gasteiger partial charge in [-0.3, -0.25) is 0 Å². The van der Waals surface area contributed by atoms with Crippen molar-refractivity contribution in [2.45, 2.75) is 12.5 Å². The van der Waals surface area contributed by atoms with Crippen molar-refractivity contribution in [3.8, 4) is 6.07 Å². The fraction of sp³-hybridized carbons (Fsp3) is 0.300. The molecule has 1 rings (SSSR count). The molecule has 0 aliphatic rings. The molecule has 0 aliphatic heterocycles. The summed E-state index contributed by atoms with van der Waals surface area (Å²) in [6.45, 7) is 0.567. The third-order valence-corrected chi connectivity index (χ3v) is 1.92. The number of hydrogen-bond acceptors (Lipinski definition) is 3. The normalized spacial score (nSPS) is 12.1. The Morgan fingerprint density at radius 2 is 2.23 bits per heavy atom. The second-order valence-electron chi connectivity index (χ2n) is 2.92. The van der Waals surface area contributed by atoms with Crippen LogP contribution in [0.2, 0.25) is 0 Å². The molecule has 3 nitrogen and oxygen atoms in total. The minimum absolute atomic E-state index is 0.0571. The van der Waals surface area contributed by atoms with Gasteiger partial charge in [0, 0.05) is 6.04 Å². The molecule has 0 unspecified atom stereocenters. The van der Waals surface area contributed by atoms with Crippen molar-refractivity contribution in [2.24, 2.45) is 11.5 Å². The molecular weight excluding hydrogens is 162 g/mol. The molecule has 3 heteroatoms. The van der Waals surface area contributed by atoms with Crippen LogP contribution in [0.3, 0.4) is 0 Å². The predicted molar refractivity (Wildman–Crippen MR) is 51.8 cm³/mol. The Hall–Kier alpha value is -1.37. The van der Waals surface area contributed by atoms with E-state index in [-0.39, 0.29) is 6.04 Å². The molecular formula is C10H13N3. The fourth-order valence-corrected chi connectivity index (χ4v) is 1.19. The molecule has 13 heavy (non-hydrogen) atoms. The van der Waals surface area contributed by atoms with Crippen molar-refractivity contribution in [2.75, 3.05) is 6.54 Å². The summed E-state index contributed by atoms with van der Waals surface area (Å²) in [6.07, 6.45) is 0.745. The molecule has 1 aromatic carbocycles. The molecule has 0 fully saturated rings. The summed E-state index contributed by atoms with van der Waals surface area (Å²) >= 11 is 0. The van der Waals surface area contributed by atoms with Gasteiger partial charge in [0.1, 0.15) is 0 Å². The van der Waals surface area contributed by atoms with Gasteiger partial charge in [-0.05, 0) is 30.7 Å². The smallest absolute Gasteiger partial charge is 0.0991 e. The Labute approximate surface area is 78.0 Å². The molecule has 0 radical (unpaired) electrons. The van der Waals surface area contributed by atoms with E-state index >= 15 is 0 Å². The van der Waals surface area contributed by atoms with Gasteiger partial charge in [-0.25, -0.2) is 0 Å². The molecule has 0 saturated heterocycles. The first-order valence-corrected chi connectivity index (χ1v) is 4.23. The van der Waals surface area contributed by atoms with Gasteiger partial charge in [0.2, 0.25) is 0 Å². The van der Waals surface area contributed by atoms with Crippen molar-refractivity contribution < 1.29 is 0 Å². The van der Waals surface area contributed by atoms with Gasteiger partial charge in [-0.15, -0.1) is 0 Å². The highest BCUT2D eigenvalue weighted by Crippen LogP contribution is 2.14. The van der Waals surface area contributed by atoms with Crippen LogP contribution in [0.15, 0.2) is 24.3 Å². The average Bonchev–Trinajstić information content (AvgIpc) is 2.18. The maximum atomic E-state index is 8.66. The Morgan fingerprint density at radius 1 is 1.46 bits per heavy atom. The Kier molecular flexibility index (Phi) is 3.44. The summed E-state index contributed by atoms with van der Waals surface area (Å²) in [5.74, 6) is 0. The lowest BCUT2D eigenvalue weighted by Crippen LogP contribution is -2.15. The number of nitrogens with two attached hydrogens (primary N) is 2. The third kappa shape index (κ3) is 2.55. The quantitative estimate of drug-likeness (QED) is 0.716. The van der Waals surface area contributed by atoms with Crippen LogP contribution in [0.1, 0.15) is 23.6 Å². The molecule has 4 N–H and O–H groups in total. The molecule has 0 aliphatic carbocycles. The number of nitrogens with zero attached hydrogens (tertiary/aromatic N) is 1. The van der Waals surface area contributed by atoms with Crippen LogP contribution < -0.4 is 11.5 Å². The Bertz CT molecular complexity index is 314. The average molecular weight is 175 g/mol. The van der Waals surface area contributed by atoms with E-state index < -0.39 is 0 Å². The second-order valence-corrected chi connectivity index (χ2v) is 2.92. The van der Waals surface area contributed by atoms with E-state index in [1.165, 1.54) is 0 Å². The third-order valence-electron chi connectivity index (χ3n) is 1.92. The summed E-state index contributed by atoms with van der Waals surface area (Å²) in [5, 5.41) is 8.66. The number of benzene rings is 1. The predicted octanol–water partition coefficient (Wildman–Crippen LogP) is 0.907. The zero-order chi connectivity index (χ0) is 9.68. The first-order chi connectivity index (χ1) is 6.27. The summed E-state index contributed by atoms with van der Waals surface area (Å²) in [4.78, 5) is 0. The van der Waals surface area contributed by atoms with Crippen LogP contribution >= 0.6 is 0 Å². The van der Waals surface area contributed by atoms with E-state index in [0.717, 1.165) is 12.0 Å². The van der Waals surface area contributed by atoms with Crippen LogP contribution in [-0.2, 0) is 0 Å². The Morgan fingerprint density at radius 3 is 2.85 bits per heavy atom. The van der Waals surface area contributed by atoms with E-state index in [0.29, 0.717) is 12.1 Å². The lowest BCUT2D eigenvalue weighted by Gasteiger charge is -2.10. The van der Waals surface area contributed by atoms with Crippen LogP contribution in [0.25, 0.3) is 0 Å². The van der Waals surface area contributed by atoms with Crippen LogP contribution in [-0.4, -0.2) is 6.54 Å². The maximum absolute atomic E-state index is 8.66. The summed E-state index contributed by atoms with van der Waals surface area (Å²) in [7, 11) is 0. The SMILES string of the molecule is N#Cc1cccc([C@@H](N)CCN)c1. The van der Waals surface area contributed by atoms with Gasteiger partial charge in [0.25, 0.3) is 0 Å². The lowest BCUT2D eigenvalue weighted by atomic mass is 10.0. The molecule has 1 atom stereocenters. The molecule has 68 valence electrons. The highest BCUT2D eigenvalue weighted by molar-refractivity contribution is 5.34. The first kappa shape index (κ1) is 9.72. The van der Waals surface area contributed by atoms with Crippen LogP contribution in [0.4, 0.5) is 0 Å². The molecule has 0 saturated carbocycles. The van der Waals surface area contributed by atoms with Gasteiger partial charge < -0.3 is 11.5 Å². The second kappa shape index (κ2) is 4.61.